The van der Waals surface area contributed by atoms with Gasteiger partial charge in [-0.25, -0.2) is 0 Å². The summed E-state index contributed by atoms with van der Waals surface area (Å²) in [7, 11) is 0. The molecule has 4 N–H and O–H groups in total. The monoisotopic (exact) mass is 464 g/mol. The molecule has 2 rings (SSSR count). The first-order valence-corrected chi connectivity index (χ1v) is 14.2. The molecule has 0 bridgehead atoms. The zero-order valence-electron chi connectivity index (χ0n) is 23.1. The van der Waals surface area contributed by atoms with Gasteiger partial charge in [0.05, 0.1) is 0 Å². The first-order chi connectivity index (χ1) is 16.4. The van der Waals surface area contributed by atoms with Gasteiger partial charge in [-0.05, 0) is 90.7 Å². The van der Waals surface area contributed by atoms with Gasteiger partial charge in [-0.3, -0.25) is 0 Å². The number of anilines is 2. The van der Waals surface area contributed by atoms with Crippen molar-refractivity contribution < 1.29 is 0 Å². The smallest absolute Gasteiger partial charge is 0.0382 e. The summed E-state index contributed by atoms with van der Waals surface area (Å²) in [5.41, 5.74) is 24.2. The Morgan fingerprint density at radius 1 is 0.559 bits per heavy atom. The Balaban J connectivity index is 2.67. The SMILES string of the molecule is CCCCc1ccc(C(c2ccc(CCCC)c(N)c2CCCC)C(C)C)c(CCCC)c1N. The summed E-state index contributed by atoms with van der Waals surface area (Å²) in [6, 6.07) is 9.44. The van der Waals surface area contributed by atoms with Gasteiger partial charge in [-0.1, -0.05) is 91.5 Å². The fourth-order valence-corrected chi connectivity index (χ4v) is 5.36. The molecule has 2 heteroatoms. The first-order valence-electron chi connectivity index (χ1n) is 14.2. The molecule has 190 valence electrons. The zero-order valence-corrected chi connectivity index (χ0v) is 23.1. The van der Waals surface area contributed by atoms with E-state index in [0.717, 1.165) is 37.1 Å². The molecule has 2 aromatic carbocycles. The average molecular weight is 465 g/mol. The fourth-order valence-electron chi connectivity index (χ4n) is 5.36. The Hall–Kier alpha value is -1.96. The molecule has 0 radical (unpaired) electrons. The van der Waals surface area contributed by atoms with E-state index in [1.807, 2.05) is 0 Å². The van der Waals surface area contributed by atoms with E-state index in [1.54, 1.807) is 0 Å². The summed E-state index contributed by atoms with van der Waals surface area (Å²) in [4.78, 5) is 0. The van der Waals surface area contributed by atoms with Crippen LogP contribution in [0.5, 0.6) is 0 Å². The normalized spacial score (nSPS) is 11.6. The predicted molar refractivity (Wildman–Crippen MR) is 153 cm³/mol. The summed E-state index contributed by atoms with van der Waals surface area (Å²) >= 11 is 0. The number of hydrogen-bond donors (Lipinski definition) is 2. The standard InChI is InChI=1S/C32H52N2/c1-7-11-15-24-19-21-26(28(31(24)33)17-13-9-3)30(23(5)6)27-22-20-25(16-12-8-2)32(34)29(27)18-14-10-4/h19-23,30H,7-18,33-34H2,1-6H3. The molecule has 0 amide bonds. The van der Waals surface area contributed by atoms with Crippen LogP contribution in [-0.2, 0) is 25.7 Å². The molecule has 0 unspecified atom stereocenters. The van der Waals surface area contributed by atoms with Crippen molar-refractivity contribution in [1.82, 2.24) is 0 Å². The van der Waals surface area contributed by atoms with Gasteiger partial charge in [-0.15, -0.1) is 0 Å². The van der Waals surface area contributed by atoms with E-state index in [-0.39, 0.29) is 0 Å². The summed E-state index contributed by atoms with van der Waals surface area (Å²) < 4.78 is 0. The molecule has 2 aromatic rings. The van der Waals surface area contributed by atoms with Gasteiger partial charge in [0.1, 0.15) is 0 Å². The van der Waals surface area contributed by atoms with Crippen LogP contribution in [0.2, 0.25) is 0 Å². The molecular weight excluding hydrogens is 412 g/mol. The molecule has 2 nitrogen and oxygen atoms in total. The largest absolute Gasteiger partial charge is 0.398 e. The quantitative estimate of drug-likeness (QED) is 0.258. The van der Waals surface area contributed by atoms with Gasteiger partial charge >= 0.3 is 0 Å². The van der Waals surface area contributed by atoms with Crippen LogP contribution in [0.4, 0.5) is 11.4 Å². The number of nitrogen functional groups attached to an aromatic ring is 2. The van der Waals surface area contributed by atoms with Crippen LogP contribution in [0.3, 0.4) is 0 Å². The highest BCUT2D eigenvalue weighted by Crippen LogP contribution is 2.41. The molecule has 0 saturated heterocycles. The Morgan fingerprint density at radius 2 is 0.912 bits per heavy atom. The maximum atomic E-state index is 6.88. The fraction of sp³-hybridized carbons (Fsp3) is 0.625. The van der Waals surface area contributed by atoms with Crippen LogP contribution in [0.15, 0.2) is 24.3 Å². The molecule has 0 fully saturated rings. The van der Waals surface area contributed by atoms with E-state index in [9.17, 15) is 0 Å². The Bertz CT molecular complexity index is 812. The summed E-state index contributed by atoms with van der Waals surface area (Å²) in [5.74, 6) is 0.797. The minimum Gasteiger partial charge on any atom is -0.398 e. The molecule has 0 aliphatic rings. The van der Waals surface area contributed by atoms with Gasteiger partial charge in [0.25, 0.3) is 0 Å². The van der Waals surface area contributed by atoms with Crippen molar-refractivity contribution in [2.24, 2.45) is 5.92 Å². The number of hydrogen-bond acceptors (Lipinski definition) is 2. The number of rotatable bonds is 15. The van der Waals surface area contributed by atoms with Gasteiger partial charge in [0.15, 0.2) is 0 Å². The van der Waals surface area contributed by atoms with Crippen LogP contribution in [0, 0.1) is 5.92 Å². The maximum absolute atomic E-state index is 6.88. The topological polar surface area (TPSA) is 52.0 Å². The number of benzene rings is 2. The summed E-state index contributed by atoms with van der Waals surface area (Å²) in [6.07, 6.45) is 13.8. The zero-order chi connectivity index (χ0) is 25.1. The molecule has 0 heterocycles. The Morgan fingerprint density at radius 3 is 1.24 bits per heavy atom. The lowest BCUT2D eigenvalue weighted by atomic mass is 9.75. The van der Waals surface area contributed by atoms with Crippen molar-refractivity contribution in [3.63, 3.8) is 0 Å². The van der Waals surface area contributed by atoms with Crippen LogP contribution < -0.4 is 11.5 Å². The van der Waals surface area contributed by atoms with Crippen LogP contribution >= 0.6 is 0 Å². The summed E-state index contributed by atoms with van der Waals surface area (Å²) in [5, 5.41) is 0. The van der Waals surface area contributed by atoms with Crippen LogP contribution in [0.1, 0.15) is 132 Å². The summed E-state index contributed by atoms with van der Waals surface area (Å²) in [6.45, 7) is 13.8. The van der Waals surface area contributed by atoms with Crippen molar-refractivity contribution in [2.45, 2.75) is 125 Å². The van der Waals surface area contributed by atoms with Crippen molar-refractivity contribution in [3.05, 3.63) is 57.6 Å². The minimum atomic E-state index is 0.323. The van der Waals surface area contributed by atoms with E-state index in [4.69, 9.17) is 11.5 Å². The second-order valence-electron chi connectivity index (χ2n) is 10.5. The predicted octanol–water partition coefficient (Wildman–Crippen LogP) is 9.01. The second kappa shape index (κ2) is 14.4. The maximum Gasteiger partial charge on any atom is 0.0382 e. The Kier molecular flexibility index (Phi) is 12.0. The molecule has 0 saturated carbocycles. The highest BCUT2D eigenvalue weighted by Gasteiger charge is 2.26. The third-order valence-corrected chi connectivity index (χ3v) is 7.46. The van der Waals surface area contributed by atoms with Crippen molar-refractivity contribution in [2.75, 3.05) is 11.5 Å². The number of nitrogens with two attached hydrogens (primary N) is 2. The highest BCUT2D eigenvalue weighted by molar-refractivity contribution is 5.63. The molecular formula is C32H52N2. The van der Waals surface area contributed by atoms with Gasteiger partial charge in [0, 0.05) is 17.3 Å². The van der Waals surface area contributed by atoms with E-state index in [1.165, 1.54) is 84.7 Å². The van der Waals surface area contributed by atoms with Gasteiger partial charge in [0.2, 0.25) is 0 Å². The number of unbranched alkanes of at least 4 members (excludes halogenated alkanes) is 4. The van der Waals surface area contributed by atoms with Gasteiger partial charge < -0.3 is 11.5 Å². The van der Waals surface area contributed by atoms with Crippen molar-refractivity contribution >= 4 is 11.4 Å². The molecule has 0 aliphatic heterocycles. The van der Waals surface area contributed by atoms with Crippen molar-refractivity contribution in [1.29, 1.82) is 0 Å². The lowest BCUT2D eigenvalue weighted by Gasteiger charge is -2.30. The first kappa shape index (κ1) is 28.3. The van der Waals surface area contributed by atoms with E-state index in [0.29, 0.717) is 11.8 Å². The van der Waals surface area contributed by atoms with E-state index in [2.05, 4.69) is 65.8 Å². The van der Waals surface area contributed by atoms with E-state index >= 15 is 0 Å². The molecule has 0 aliphatic carbocycles. The van der Waals surface area contributed by atoms with Gasteiger partial charge in [-0.2, -0.15) is 0 Å². The third-order valence-electron chi connectivity index (χ3n) is 7.46. The molecule has 34 heavy (non-hydrogen) atoms. The molecule has 0 spiro atoms. The highest BCUT2D eigenvalue weighted by atomic mass is 14.6. The van der Waals surface area contributed by atoms with E-state index < -0.39 is 0 Å². The number of aryl methyl sites for hydroxylation is 2. The second-order valence-corrected chi connectivity index (χ2v) is 10.5. The average Bonchev–Trinajstić information content (AvgIpc) is 2.82. The third kappa shape index (κ3) is 7.03. The Labute approximate surface area is 210 Å². The lowest BCUT2D eigenvalue weighted by Crippen LogP contribution is -2.17. The van der Waals surface area contributed by atoms with Crippen molar-refractivity contribution in [3.8, 4) is 0 Å². The molecule has 0 atom stereocenters. The van der Waals surface area contributed by atoms with Crippen LogP contribution in [-0.4, -0.2) is 0 Å². The van der Waals surface area contributed by atoms with Crippen LogP contribution in [0.25, 0.3) is 0 Å². The minimum absolute atomic E-state index is 0.323. The lowest BCUT2D eigenvalue weighted by molar-refractivity contribution is 0.553. The molecule has 0 aromatic heterocycles.